The zero-order valence-corrected chi connectivity index (χ0v) is 18.3. The molecule has 0 radical (unpaired) electrons. The summed E-state index contributed by atoms with van der Waals surface area (Å²) in [5.74, 6) is -1.20. The van der Waals surface area contributed by atoms with Gasteiger partial charge >= 0.3 is 5.97 Å². The average molecular weight is 455 g/mol. The fourth-order valence-corrected chi connectivity index (χ4v) is 4.33. The Hall–Kier alpha value is -3.85. The molecule has 0 atom stereocenters. The number of hydrogen-bond donors (Lipinski definition) is 3. The molecule has 0 heterocycles. The topological polar surface area (TPSA) is 122 Å². The molecular formula is C23H22N2O6S. The van der Waals surface area contributed by atoms with Crippen molar-refractivity contribution >= 4 is 33.3 Å². The summed E-state index contributed by atoms with van der Waals surface area (Å²) < 4.78 is 33.8. The number of carboxylic acid groups (broad SMARTS) is 1. The first-order valence-corrected chi connectivity index (χ1v) is 11.2. The molecule has 8 nitrogen and oxygen atoms in total. The maximum Gasteiger partial charge on any atom is 0.337 e. The minimum Gasteiger partial charge on any atom is -0.494 e. The highest BCUT2D eigenvalue weighted by Crippen LogP contribution is 2.23. The SMILES string of the molecule is CCOc1ccc(NS(=O)(=O)c2cc(C(=O)Nc3ccccc3C(=O)O)ccc2C)cc1. The molecule has 0 spiro atoms. The van der Waals surface area contributed by atoms with Crippen LogP contribution in [-0.2, 0) is 10.0 Å². The second-order valence-electron chi connectivity index (χ2n) is 6.85. The molecule has 32 heavy (non-hydrogen) atoms. The molecule has 0 fully saturated rings. The monoisotopic (exact) mass is 454 g/mol. The lowest BCUT2D eigenvalue weighted by Crippen LogP contribution is -2.18. The predicted molar refractivity (Wildman–Crippen MR) is 121 cm³/mol. The van der Waals surface area contributed by atoms with Gasteiger partial charge in [0.2, 0.25) is 0 Å². The molecule has 0 bridgehead atoms. The van der Waals surface area contributed by atoms with Gasteiger partial charge in [0.25, 0.3) is 15.9 Å². The van der Waals surface area contributed by atoms with Gasteiger partial charge in [-0.3, -0.25) is 9.52 Å². The minimum absolute atomic E-state index is 0.0643. The van der Waals surface area contributed by atoms with E-state index in [2.05, 4.69) is 10.0 Å². The van der Waals surface area contributed by atoms with Crippen LogP contribution in [-0.4, -0.2) is 32.0 Å². The van der Waals surface area contributed by atoms with E-state index in [4.69, 9.17) is 4.74 Å². The quantitative estimate of drug-likeness (QED) is 0.470. The van der Waals surface area contributed by atoms with Gasteiger partial charge in [-0.1, -0.05) is 18.2 Å². The van der Waals surface area contributed by atoms with Gasteiger partial charge in [0, 0.05) is 11.3 Å². The molecule has 3 aromatic rings. The van der Waals surface area contributed by atoms with Crippen molar-refractivity contribution in [2.45, 2.75) is 18.7 Å². The molecule has 0 saturated heterocycles. The number of carbonyl (C=O) groups excluding carboxylic acids is 1. The molecule has 0 aliphatic heterocycles. The van der Waals surface area contributed by atoms with Crippen molar-refractivity contribution in [2.75, 3.05) is 16.6 Å². The number of carboxylic acids is 1. The number of anilines is 2. The number of sulfonamides is 1. The number of aryl methyl sites for hydroxylation is 1. The zero-order chi connectivity index (χ0) is 23.3. The summed E-state index contributed by atoms with van der Waals surface area (Å²) in [6.45, 7) is 3.97. The molecule has 1 amide bonds. The second-order valence-corrected chi connectivity index (χ2v) is 8.50. The Balaban J connectivity index is 1.86. The Morgan fingerprint density at radius 3 is 2.34 bits per heavy atom. The van der Waals surface area contributed by atoms with Crippen LogP contribution in [0, 0.1) is 6.92 Å². The fourth-order valence-electron chi connectivity index (χ4n) is 3.00. The molecule has 0 aliphatic carbocycles. The standard InChI is InChI=1S/C23H22N2O6S/c1-3-31-18-12-10-17(11-13-18)25-32(29,30)21-14-16(9-8-15(21)2)22(26)24-20-7-5-4-6-19(20)23(27)28/h4-14,25H,3H2,1-2H3,(H,24,26)(H,27,28). The van der Waals surface area contributed by atoms with E-state index in [0.29, 0.717) is 23.6 Å². The van der Waals surface area contributed by atoms with Gasteiger partial charge in [-0.25, -0.2) is 13.2 Å². The maximum atomic E-state index is 13.0. The Labute approximate surface area is 185 Å². The third-order valence-electron chi connectivity index (χ3n) is 4.56. The summed E-state index contributed by atoms with van der Waals surface area (Å²) in [5.41, 5.74) is 0.910. The summed E-state index contributed by atoms with van der Waals surface area (Å²) >= 11 is 0. The molecule has 3 aromatic carbocycles. The van der Waals surface area contributed by atoms with Crippen molar-refractivity contribution in [3.8, 4) is 5.75 Å². The zero-order valence-electron chi connectivity index (χ0n) is 17.5. The summed E-state index contributed by atoms with van der Waals surface area (Å²) in [6.07, 6.45) is 0. The van der Waals surface area contributed by atoms with Crippen LogP contribution >= 0.6 is 0 Å². The first kappa shape index (κ1) is 22.8. The number of nitrogens with one attached hydrogen (secondary N) is 2. The minimum atomic E-state index is -3.98. The first-order valence-electron chi connectivity index (χ1n) is 9.71. The normalized spacial score (nSPS) is 10.9. The molecule has 0 unspecified atom stereocenters. The summed E-state index contributed by atoms with van der Waals surface area (Å²) in [5, 5.41) is 11.8. The highest BCUT2D eigenvalue weighted by atomic mass is 32.2. The van der Waals surface area contributed by atoms with Gasteiger partial charge in [0.15, 0.2) is 0 Å². The molecule has 0 saturated carbocycles. The Morgan fingerprint density at radius 2 is 1.69 bits per heavy atom. The van der Waals surface area contributed by atoms with Crippen molar-refractivity contribution in [1.82, 2.24) is 0 Å². The second kappa shape index (κ2) is 9.52. The third-order valence-corrected chi connectivity index (χ3v) is 6.09. The van der Waals surface area contributed by atoms with Crippen LogP contribution in [0.2, 0.25) is 0 Å². The summed E-state index contributed by atoms with van der Waals surface area (Å²) in [6, 6.07) is 16.7. The number of carbonyl (C=O) groups is 2. The van der Waals surface area contributed by atoms with E-state index < -0.39 is 21.9 Å². The molecule has 9 heteroatoms. The third kappa shape index (κ3) is 5.25. The predicted octanol–water partition coefficient (Wildman–Crippen LogP) is 4.15. The van der Waals surface area contributed by atoms with E-state index in [1.807, 2.05) is 6.92 Å². The van der Waals surface area contributed by atoms with Gasteiger partial charge in [-0.15, -0.1) is 0 Å². The number of hydrogen-bond acceptors (Lipinski definition) is 5. The van der Waals surface area contributed by atoms with Crippen LogP contribution in [0.3, 0.4) is 0 Å². The smallest absolute Gasteiger partial charge is 0.337 e. The van der Waals surface area contributed by atoms with Gasteiger partial charge in [0.1, 0.15) is 5.75 Å². The molecule has 166 valence electrons. The number of aromatic carboxylic acids is 1. The number of rotatable bonds is 8. The maximum absolute atomic E-state index is 13.0. The summed E-state index contributed by atoms with van der Waals surface area (Å²) in [4.78, 5) is 24.0. The summed E-state index contributed by atoms with van der Waals surface area (Å²) in [7, 11) is -3.98. The highest BCUT2D eigenvalue weighted by molar-refractivity contribution is 7.92. The van der Waals surface area contributed by atoms with Crippen LogP contribution in [0.15, 0.2) is 71.6 Å². The van der Waals surface area contributed by atoms with E-state index in [1.54, 1.807) is 43.3 Å². The van der Waals surface area contributed by atoms with Gasteiger partial charge in [0.05, 0.1) is 22.8 Å². The van der Waals surface area contributed by atoms with Crippen LogP contribution in [0.25, 0.3) is 0 Å². The lowest BCUT2D eigenvalue weighted by molar-refractivity contribution is 0.0698. The van der Waals surface area contributed by atoms with Crippen molar-refractivity contribution < 1.29 is 27.9 Å². The molecule has 0 aliphatic rings. The van der Waals surface area contributed by atoms with Crippen molar-refractivity contribution in [1.29, 1.82) is 0 Å². The van der Waals surface area contributed by atoms with E-state index in [1.165, 1.54) is 30.3 Å². The highest BCUT2D eigenvalue weighted by Gasteiger charge is 2.20. The molecule has 3 rings (SSSR count). The first-order chi connectivity index (χ1) is 15.2. The van der Waals surface area contributed by atoms with Crippen LogP contribution in [0.5, 0.6) is 5.75 Å². The number of amides is 1. The van der Waals surface area contributed by atoms with Crippen molar-refractivity contribution in [2.24, 2.45) is 0 Å². The lowest BCUT2D eigenvalue weighted by atomic mass is 10.1. The molecular weight excluding hydrogens is 432 g/mol. The van der Waals surface area contributed by atoms with E-state index >= 15 is 0 Å². The van der Waals surface area contributed by atoms with E-state index in [0.717, 1.165) is 0 Å². The van der Waals surface area contributed by atoms with Crippen LogP contribution in [0.1, 0.15) is 33.2 Å². The Kier molecular flexibility index (Phi) is 6.79. The van der Waals surface area contributed by atoms with Gasteiger partial charge < -0.3 is 15.2 Å². The fraction of sp³-hybridized carbons (Fsp3) is 0.130. The van der Waals surface area contributed by atoms with Crippen LogP contribution < -0.4 is 14.8 Å². The molecule has 3 N–H and O–H groups in total. The van der Waals surface area contributed by atoms with Crippen molar-refractivity contribution in [3.63, 3.8) is 0 Å². The van der Waals surface area contributed by atoms with Crippen LogP contribution in [0.4, 0.5) is 11.4 Å². The van der Waals surface area contributed by atoms with E-state index in [9.17, 15) is 23.1 Å². The van der Waals surface area contributed by atoms with Gasteiger partial charge in [-0.05, 0) is 67.9 Å². The van der Waals surface area contributed by atoms with E-state index in [-0.39, 0.29) is 21.7 Å². The lowest BCUT2D eigenvalue weighted by Gasteiger charge is -2.13. The number of benzene rings is 3. The Morgan fingerprint density at radius 1 is 1.00 bits per heavy atom. The van der Waals surface area contributed by atoms with Gasteiger partial charge in [-0.2, -0.15) is 0 Å². The Bertz CT molecular complexity index is 1250. The average Bonchev–Trinajstić information content (AvgIpc) is 2.75. The number of ether oxygens (including phenoxy) is 1. The van der Waals surface area contributed by atoms with Crippen molar-refractivity contribution in [3.05, 3.63) is 83.4 Å². The largest absolute Gasteiger partial charge is 0.494 e. The molecule has 0 aromatic heterocycles. The number of para-hydroxylation sites is 1.